The highest BCUT2D eigenvalue weighted by Gasteiger charge is 2.27. The summed E-state index contributed by atoms with van der Waals surface area (Å²) in [6.07, 6.45) is 5.26. The van der Waals surface area contributed by atoms with Gasteiger partial charge in [-0.15, -0.1) is 10.2 Å². The maximum atomic E-state index is 4.31. The second-order valence-corrected chi connectivity index (χ2v) is 4.56. The monoisotopic (exact) mass is 268 g/mol. The van der Waals surface area contributed by atoms with Gasteiger partial charge in [0.2, 0.25) is 0 Å². The van der Waals surface area contributed by atoms with Crippen LogP contribution >= 0.6 is 0 Å². The average molecular weight is 268 g/mol. The summed E-state index contributed by atoms with van der Waals surface area (Å²) in [6.45, 7) is 1.65. The lowest BCUT2D eigenvalue weighted by Crippen LogP contribution is -2.34. The molecule has 100 valence electrons. The molecule has 4 heterocycles. The minimum atomic E-state index is 0.00519. The molecule has 8 heteroatoms. The summed E-state index contributed by atoms with van der Waals surface area (Å²) in [5.74, 6) is 1.62. The van der Waals surface area contributed by atoms with Crippen molar-refractivity contribution < 1.29 is 0 Å². The fraction of sp³-hybridized carbons (Fsp3) is 0.250. The Kier molecular flexibility index (Phi) is 2.52. The SMILES string of the molecule is c1cncc(C2NCCn3c(-c4cn[nH]n4)nnc32)c1. The Morgan fingerprint density at radius 2 is 2.25 bits per heavy atom. The smallest absolute Gasteiger partial charge is 0.186 e. The Balaban J connectivity index is 1.80. The summed E-state index contributed by atoms with van der Waals surface area (Å²) in [6, 6.07) is 3.96. The number of hydrogen-bond acceptors (Lipinski definition) is 6. The highest BCUT2D eigenvalue weighted by molar-refractivity contribution is 5.47. The van der Waals surface area contributed by atoms with E-state index in [1.165, 1.54) is 0 Å². The van der Waals surface area contributed by atoms with E-state index in [-0.39, 0.29) is 6.04 Å². The van der Waals surface area contributed by atoms with Crippen LogP contribution in [-0.4, -0.2) is 41.7 Å². The molecular weight excluding hydrogens is 256 g/mol. The fourth-order valence-corrected chi connectivity index (χ4v) is 2.47. The van der Waals surface area contributed by atoms with Crippen molar-refractivity contribution in [3.05, 3.63) is 42.1 Å². The largest absolute Gasteiger partial charge is 0.307 e. The molecule has 1 unspecified atom stereocenters. The van der Waals surface area contributed by atoms with Gasteiger partial charge in [-0.1, -0.05) is 6.07 Å². The predicted molar refractivity (Wildman–Crippen MR) is 69.5 cm³/mol. The second kappa shape index (κ2) is 4.49. The van der Waals surface area contributed by atoms with Gasteiger partial charge in [-0.25, -0.2) is 0 Å². The Morgan fingerprint density at radius 3 is 3.05 bits per heavy atom. The standard InChI is InChI=1S/C12H12N8/c1-2-8(6-13-3-1)10-12-18-17-11(9-7-15-19-16-9)20(12)5-4-14-10/h1-3,6-7,10,14H,4-5H2,(H,15,16,19). The molecule has 4 rings (SSSR count). The molecule has 1 aliphatic heterocycles. The molecule has 8 nitrogen and oxygen atoms in total. The lowest BCUT2D eigenvalue weighted by atomic mass is 10.1. The zero-order chi connectivity index (χ0) is 13.4. The third-order valence-electron chi connectivity index (χ3n) is 3.38. The number of H-pyrrole nitrogens is 1. The first-order valence-electron chi connectivity index (χ1n) is 6.36. The Labute approximate surface area is 114 Å². The van der Waals surface area contributed by atoms with E-state index in [1.54, 1.807) is 12.4 Å². The first-order chi connectivity index (χ1) is 9.93. The fourth-order valence-electron chi connectivity index (χ4n) is 2.47. The summed E-state index contributed by atoms with van der Waals surface area (Å²) < 4.78 is 2.08. The van der Waals surface area contributed by atoms with Crippen molar-refractivity contribution in [1.29, 1.82) is 0 Å². The molecular formula is C12H12N8. The number of hydrogen-bond donors (Lipinski definition) is 2. The van der Waals surface area contributed by atoms with Crippen LogP contribution in [0.4, 0.5) is 0 Å². The van der Waals surface area contributed by atoms with Crippen LogP contribution in [0.1, 0.15) is 17.4 Å². The summed E-state index contributed by atoms with van der Waals surface area (Å²) in [4.78, 5) is 4.16. The van der Waals surface area contributed by atoms with E-state index in [0.29, 0.717) is 5.69 Å². The highest BCUT2D eigenvalue weighted by atomic mass is 15.4. The van der Waals surface area contributed by atoms with Crippen molar-refractivity contribution in [1.82, 2.24) is 40.5 Å². The Bertz CT molecular complexity index is 702. The van der Waals surface area contributed by atoms with Crippen molar-refractivity contribution in [2.75, 3.05) is 6.54 Å². The predicted octanol–water partition coefficient (Wildman–Crippen LogP) is 0.151. The molecule has 3 aromatic rings. The summed E-state index contributed by atoms with van der Waals surface area (Å²) in [7, 11) is 0. The molecule has 2 N–H and O–H groups in total. The third-order valence-corrected chi connectivity index (χ3v) is 3.38. The summed E-state index contributed by atoms with van der Waals surface area (Å²) in [5.41, 5.74) is 1.78. The van der Waals surface area contributed by atoms with E-state index >= 15 is 0 Å². The van der Waals surface area contributed by atoms with Gasteiger partial charge < -0.3 is 9.88 Å². The van der Waals surface area contributed by atoms with Gasteiger partial charge in [0.25, 0.3) is 0 Å². The highest BCUT2D eigenvalue weighted by Crippen LogP contribution is 2.26. The molecule has 0 aromatic carbocycles. The van der Waals surface area contributed by atoms with Crippen molar-refractivity contribution in [3.8, 4) is 11.5 Å². The van der Waals surface area contributed by atoms with Gasteiger partial charge in [0.1, 0.15) is 5.69 Å². The third kappa shape index (κ3) is 1.69. The number of nitrogens with zero attached hydrogens (tertiary/aromatic N) is 6. The minimum absolute atomic E-state index is 0.00519. The zero-order valence-corrected chi connectivity index (χ0v) is 10.6. The number of aromatic nitrogens is 7. The van der Waals surface area contributed by atoms with Crippen molar-refractivity contribution in [2.45, 2.75) is 12.6 Å². The van der Waals surface area contributed by atoms with E-state index in [0.717, 1.165) is 30.3 Å². The van der Waals surface area contributed by atoms with Crippen LogP contribution < -0.4 is 5.32 Å². The number of fused-ring (bicyclic) bond motifs is 1. The van der Waals surface area contributed by atoms with E-state index in [2.05, 4.69) is 40.5 Å². The number of rotatable bonds is 2. The molecule has 0 bridgehead atoms. The van der Waals surface area contributed by atoms with Crippen LogP contribution in [0.3, 0.4) is 0 Å². The topological polar surface area (TPSA) is 97.2 Å². The van der Waals surface area contributed by atoms with Gasteiger partial charge >= 0.3 is 0 Å². The molecule has 0 fully saturated rings. The molecule has 3 aromatic heterocycles. The molecule has 0 spiro atoms. The lowest BCUT2D eigenvalue weighted by Gasteiger charge is -2.24. The van der Waals surface area contributed by atoms with E-state index in [4.69, 9.17) is 0 Å². The maximum absolute atomic E-state index is 4.31. The van der Waals surface area contributed by atoms with E-state index in [1.807, 2.05) is 18.3 Å². The Hall–Kier alpha value is -2.61. The van der Waals surface area contributed by atoms with Crippen LogP contribution in [0.5, 0.6) is 0 Å². The Morgan fingerprint density at radius 1 is 1.25 bits per heavy atom. The maximum Gasteiger partial charge on any atom is 0.186 e. The summed E-state index contributed by atoms with van der Waals surface area (Å²) >= 11 is 0. The van der Waals surface area contributed by atoms with Crippen LogP contribution in [0.25, 0.3) is 11.5 Å². The second-order valence-electron chi connectivity index (χ2n) is 4.56. The van der Waals surface area contributed by atoms with Crippen LogP contribution in [0.2, 0.25) is 0 Å². The molecule has 0 amide bonds. The zero-order valence-electron chi connectivity index (χ0n) is 10.6. The van der Waals surface area contributed by atoms with E-state index < -0.39 is 0 Å². The van der Waals surface area contributed by atoms with Crippen LogP contribution in [0.15, 0.2) is 30.7 Å². The molecule has 0 saturated carbocycles. The molecule has 1 atom stereocenters. The van der Waals surface area contributed by atoms with Gasteiger partial charge in [-0.2, -0.15) is 15.4 Å². The van der Waals surface area contributed by atoms with Gasteiger partial charge in [0.05, 0.1) is 12.2 Å². The van der Waals surface area contributed by atoms with Crippen LogP contribution in [-0.2, 0) is 6.54 Å². The van der Waals surface area contributed by atoms with Crippen molar-refractivity contribution in [2.24, 2.45) is 0 Å². The quantitative estimate of drug-likeness (QED) is 0.686. The molecule has 0 saturated heterocycles. The lowest BCUT2D eigenvalue weighted by molar-refractivity contribution is 0.457. The first kappa shape index (κ1) is 11.2. The van der Waals surface area contributed by atoms with Crippen molar-refractivity contribution >= 4 is 0 Å². The van der Waals surface area contributed by atoms with Gasteiger partial charge in [-0.3, -0.25) is 4.98 Å². The van der Waals surface area contributed by atoms with Crippen molar-refractivity contribution in [3.63, 3.8) is 0 Å². The number of aromatic amines is 1. The molecule has 0 radical (unpaired) electrons. The molecule has 20 heavy (non-hydrogen) atoms. The van der Waals surface area contributed by atoms with E-state index in [9.17, 15) is 0 Å². The number of nitrogens with one attached hydrogen (secondary N) is 2. The van der Waals surface area contributed by atoms with Crippen LogP contribution in [0, 0.1) is 0 Å². The average Bonchev–Trinajstić information content (AvgIpc) is 3.16. The first-order valence-corrected chi connectivity index (χ1v) is 6.36. The van der Waals surface area contributed by atoms with Gasteiger partial charge in [-0.05, 0) is 11.6 Å². The number of pyridine rings is 1. The minimum Gasteiger partial charge on any atom is -0.307 e. The normalized spacial score (nSPS) is 17.9. The van der Waals surface area contributed by atoms with Gasteiger partial charge in [0.15, 0.2) is 11.6 Å². The molecule has 1 aliphatic rings. The molecule has 0 aliphatic carbocycles. The van der Waals surface area contributed by atoms with Gasteiger partial charge in [0, 0.05) is 25.5 Å². The summed E-state index contributed by atoms with van der Waals surface area (Å²) in [5, 5.41) is 22.5.